The Morgan fingerprint density at radius 3 is 2.38 bits per heavy atom. The van der Waals surface area contributed by atoms with Crippen molar-refractivity contribution >= 4 is 46.3 Å². The first-order chi connectivity index (χ1) is 16.1. The van der Waals surface area contributed by atoms with Crippen LogP contribution in [-0.2, 0) is 9.59 Å². The number of amides is 1. The van der Waals surface area contributed by atoms with Crippen LogP contribution in [0.2, 0.25) is 10.0 Å². The van der Waals surface area contributed by atoms with E-state index in [1.165, 1.54) is 43.5 Å². The normalized spacial score (nSPS) is 17.3. The van der Waals surface area contributed by atoms with Gasteiger partial charge in [0.15, 0.2) is 11.6 Å². The van der Waals surface area contributed by atoms with Crippen molar-refractivity contribution < 1.29 is 33.3 Å². The number of aromatic hydroxyl groups is 1. The van der Waals surface area contributed by atoms with Crippen LogP contribution in [0.5, 0.6) is 11.5 Å². The fourth-order valence-corrected chi connectivity index (χ4v) is 4.11. The Kier molecular flexibility index (Phi) is 6.20. The zero-order chi connectivity index (χ0) is 24.7. The molecule has 1 fully saturated rings. The number of Topliss-reactive ketones (excluding diaryl/α,β-unsaturated/α-hetero) is 1. The number of ketones is 1. The lowest BCUT2D eigenvalue weighted by molar-refractivity contribution is -0.132. The van der Waals surface area contributed by atoms with Gasteiger partial charge in [-0.05, 0) is 48.0 Å². The maximum Gasteiger partial charge on any atom is 0.300 e. The van der Waals surface area contributed by atoms with Gasteiger partial charge >= 0.3 is 0 Å². The third-order valence-electron chi connectivity index (χ3n) is 5.33. The third-order valence-corrected chi connectivity index (χ3v) is 5.87. The highest BCUT2D eigenvalue weighted by atomic mass is 35.5. The summed E-state index contributed by atoms with van der Waals surface area (Å²) in [5, 5.41) is 21.2. The van der Waals surface area contributed by atoms with Crippen molar-refractivity contribution in [1.29, 1.82) is 0 Å². The number of ether oxygens (including phenoxy) is 1. The number of aliphatic hydroxyl groups is 1. The molecule has 3 aromatic carbocycles. The number of benzene rings is 3. The van der Waals surface area contributed by atoms with Gasteiger partial charge in [-0.1, -0.05) is 29.3 Å². The Hall–Kier alpha value is -3.62. The smallest absolute Gasteiger partial charge is 0.300 e. The van der Waals surface area contributed by atoms with E-state index in [4.69, 9.17) is 27.9 Å². The Morgan fingerprint density at radius 1 is 1.00 bits per heavy atom. The molecule has 1 unspecified atom stereocenters. The van der Waals surface area contributed by atoms with Gasteiger partial charge in [0.1, 0.15) is 17.3 Å². The number of phenolic OH excluding ortho intramolecular Hbond substituents is 1. The quantitative estimate of drug-likeness (QED) is 0.273. The van der Waals surface area contributed by atoms with E-state index in [0.29, 0.717) is 0 Å². The van der Waals surface area contributed by atoms with Crippen LogP contribution < -0.4 is 9.64 Å². The van der Waals surface area contributed by atoms with E-state index in [1.54, 1.807) is 0 Å². The maximum atomic E-state index is 14.0. The number of hydrogen-bond acceptors (Lipinski definition) is 5. The van der Waals surface area contributed by atoms with E-state index < -0.39 is 35.1 Å². The molecule has 10 heteroatoms. The van der Waals surface area contributed by atoms with Crippen LogP contribution in [0.25, 0.3) is 5.76 Å². The van der Waals surface area contributed by atoms with Gasteiger partial charge in [0, 0.05) is 16.8 Å². The van der Waals surface area contributed by atoms with Crippen molar-refractivity contribution in [1.82, 2.24) is 0 Å². The summed E-state index contributed by atoms with van der Waals surface area (Å²) in [6.45, 7) is 0. The van der Waals surface area contributed by atoms with Gasteiger partial charge in [-0.15, -0.1) is 0 Å². The SMILES string of the molecule is COc1ccc(Cl)cc1/C(O)=C1\C(=O)C(=O)N(c2ccc(F)c(F)c2)C1c1ccc(O)c(Cl)c1. The number of halogens is 4. The van der Waals surface area contributed by atoms with Gasteiger partial charge in [-0.25, -0.2) is 8.78 Å². The Morgan fingerprint density at radius 2 is 1.74 bits per heavy atom. The van der Waals surface area contributed by atoms with Gasteiger partial charge in [-0.3, -0.25) is 14.5 Å². The zero-order valence-corrected chi connectivity index (χ0v) is 18.9. The number of hydrogen-bond donors (Lipinski definition) is 2. The van der Waals surface area contributed by atoms with E-state index in [-0.39, 0.29) is 43.9 Å². The van der Waals surface area contributed by atoms with Crippen molar-refractivity contribution in [2.45, 2.75) is 6.04 Å². The molecule has 1 heterocycles. The summed E-state index contributed by atoms with van der Waals surface area (Å²) in [5.74, 6) is -5.25. The van der Waals surface area contributed by atoms with Crippen molar-refractivity contribution in [3.63, 3.8) is 0 Å². The third kappa shape index (κ3) is 3.95. The van der Waals surface area contributed by atoms with Crippen LogP contribution in [0, 0.1) is 11.6 Å². The van der Waals surface area contributed by atoms with Crippen LogP contribution >= 0.6 is 23.2 Å². The summed E-state index contributed by atoms with van der Waals surface area (Å²) in [6, 6.07) is 9.63. The van der Waals surface area contributed by atoms with Crippen molar-refractivity contribution in [3.8, 4) is 11.5 Å². The first-order valence-corrected chi connectivity index (χ1v) is 10.5. The topological polar surface area (TPSA) is 87.1 Å². The summed E-state index contributed by atoms with van der Waals surface area (Å²) < 4.78 is 32.8. The molecule has 0 aliphatic carbocycles. The van der Waals surface area contributed by atoms with E-state index in [2.05, 4.69) is 0 Å². The molecule has 1 aliphatic heterocycles. The summed E-state index contributed by atoms with van der Waals surface area (Å²) in [6.07, 6.45) is 0. The lowest BCUT2D eigenvalue weighted by Gasteiger charge is -2.26. The molecule has 6 nitrogen and oxygen atoms in total. The predicted octanol–water partition coefficient (Wildman–Crippen LogP) is 5.61. The minimum absolute atomic E-state index is 0.0353. The second kappa shape index (κ2) is 8.96. The molecule has 2 N–H and O–H groups in total. The van der Waals surface area contributed by atoms with E-state index >= 15 is 0 Å². The molecule has 0 spiro atoms. The van der Waals surface area contributed by atoms with Crippen molar-refractivity contribution in [2.75, 3.05) is 12.0 Å². The second-order valence-electron chi connectivity index (χ2n) is 7.32. The van der Waals surface area contributed by atoms with E-state index in [9.17, 15) is 28.6 Å². The fourth-order valence-electron chi connectivity index (χ4n) is 3.75. The van der Waals surface area contributed by atoms with Gasteiger partial charge in [-0.2, -0.15) is 0 Å². The van der Waals surface area contributed by atoms with Crippen LogP contribution in [0.4, 0.5) is 14.5 Å². The highest BCUT2D eigenvalue weighted by Gasteiger charge is 2.47. The molecule has 0 saturated carbocycles. The summed E-state index contributed by atoms with van der Waals surface area (Å²) in [5.41, 5.74) is -0.244. The summed E-state index contributed by atoms with van der Waals surface area (Å²) >= 11 is 12.1. The molecular formula is C24H15Cl2F2NO5. The van der Waals surface area contributed by atoms with E-state index in [1.807, 2.05) is 0 Å². The minimum atomic E-state index is -1.30. The number of aliphatic hydroxyl groups excluding tert-OH is 1. The molecule has 1 amide bonds. The maximum absolute atomic E-state index is 14.0. The van der Waals surface area contributed by atoms with Crippen molar-refractivity contribution in [3.05, 3.63) is 93.0 Å². The highest BCUT2D eigenvalue weighted by molar-refractivity contribution is 6.51. The molecule has 0 radical (unpaired) electrons. The molecule has 3 aromatic rings. The monoisotopic (exact) mass is 505 g/mol. The predicted molar refractivity (Wildman–Crippen MR) is 122 cm³/mol. The molecule has 4 rings (SSSR count). The standard InChI is InChI=1S/C24H15Cl2F2NO5/c1-34-19-7-3-12(25)9-14(19)22(31)20-21(11-2-6-18(30)15(26)8-11)29(24(33)23(20)32)13-4-5-16(27)17(28)10-13/h2-10,21,30-31H,1H3/b22-20+. The summed E-state index contributed by atoms with van der Waals surface area (Å²) in [4.78, 5) is 27.1. The van der Waals surface area contributed by atoms with Gasteiger partial charge in [0.2, 0.25) is 0 Å². The molecule has 1 saturated heterocycles. The molecule has 0 aromatic heterocycles. The molecule has 1 aliphatic rings. The summed E-state index contributed by atoms with van der Waals surface area (Å²) in [7, 11) is 1.34. The Bertz CT molecular complexity index is 1380. The van der Waals surface area contributed by atoms with Crippen LogP contribution in [0.1, 0.15) is 17.2 Å². The van der Waals surface area contributed by atoms with Crippen molar-refractivity contribution in [2.24, 2.45) is 0 Å². The Labute approximate surface area is 202 Å². The minimum Gasteiger partial charge on any atom is -0.507 e. The lowest BCUT2D eigenvalue weighted by Crippen LogP contribution is -2.29. The largest absolute Gasteiger partial charge is 0.507 e. The number of methoxy groups -OCH3 is 1. The average molecular weight is 506 g/mol. The number of rotatable bonds is 4. The van der Waals surface area contributed by atoms with E-state index in [0.717, 1.165) is 23.1 Å². The molecule has 174 valence electrons. The molecule has 0 bridgehead atoms. The molecule has 1 atom stereocenters. The number of anilines is 1. The number of phenols is 1. The Balaban J connectivity index is 2.01. The lowest BCUT2D eigenvalue weighted by atomic mass is 9.94. The van der Waals surface area contributed by atoms with Crippen LogP contribution in [0.15, 0.2) is 60.2 Å². The molecular weight excluding hydrogens is 491 g/mol. The first kappa shape index (κ1) is 23.5. The number of carbonyl (C=O) groups is 2. The zero-order valence-electron chi connectivity index (χ0n) is 17.4. The first-order valence-electron chi connectivity index (χ1n) is 9.72. The van der Waals surface area contributed by atoms with Gasteiger partial charge in [0.05, 0.1) is 29.3 Å². The number of nitrogens with zero attached hydrogens (tertiary/aromatic N) is 1. The number of carbonyl (C=O) groups excluding carboxylic acids is 2. The second-order valence-corrected chi connectivity index (χ2v) is 8.17. The average Bonchev–Trinajstić information content (AvgIpc) is 3.07. The highest BCUT2D eigenvalue weighted by Crippen LogP contribution is 2.44. The molecule has 34 heavy (non-hydrogen) atoms. The van der Waals surface area contributed by atoms with Gasteiger partial charge in [0.25, 0.3) is 11.7 Å². The fraction of sp³-hybridized carbons (Fsp3) is 0.0833. The van der Waals surface area contributed by atoms with Crippen LogP contribution in [0.3, 0.4) is 0 Å². The van der Waals surface area contributed by atoms with Gasteiger partial charge < -0.3 is 14.9 Å². The van der Waals surface area contributed by atoms with Crippen LogP contribution in [-0.4, -0.2) is 29.0 Å².